The first-order valence-electron chi connectivity index (χ1n) is 10.9. The van der Waals surface area contributed by atoms with Crippen molar-refractivity contribution in [3.8, 4) is 5.75 Å². The average molecular weight is 501 g/mol. The van der Waals surface area contributed by atoms with Gasteiger partial charge in [0.1, 0.15) is 22.0 Å². The molecule has 11 heteroatoms. The van der Waals surface area contributed by atoms with E-state index in [-0.39, 0.29) is 22.3 Å². The van der Waals surface area contributed by atoms with Crippen molar-refractivity contribution < 1.29 is 18.6 Å². The minimum atomic E-state index is -3.24. The van der Waals surface area contributed by atoms with E-state index in [1.165, 1.54) is 26.4 Å². The molecule has 3 heterocycles. The number of nitrogens with two attached hydrogens (primary N) is 1. The number of rotatable bonds is 7. The third-order valence-corrected chi connectivity index (χ3v) is 8.12. The number of ether oxygens (including phenoxy) is 1. The van der Waals surface area contributed by atoms with Crippen molar-refractivity contribution in [2.75, 3.05) is 14.2 Å². The van der Waals surface area contributed by atoms with Gasteiger partial charge < -0.3 is 15.8 Å². The molecule has 0 aromatic carbocycles. The lowest BCUT2D eigenvalue weighted by Gasteiger charge is -2.44. The molecular formula is C24H32N6O4S. The van der Waals surface area contributed by atoms with Gasteiger partial charge in [0.2, 0.25) is 0 Å². The van der Waals surface area contributed by atoms with Gasteiger partial charge >= 0.3 is 0 Å². The van der Waals surface area contributed by atoms with Crippen LogP contribution in [0.2, 0.25) is 0 Å². The van der Waals surface area contributed by atoms with Crippen molar-refractivity contribution in [3.63, 3.8) is 0 Å². The van der Waals surface area contributed by atoms with Crippen LogP contribution in [0, 0.1) is 0 Å². The molecule has 0 aliphatic heterocycles. The van der Waals surface area contributed by atoms with E-state index < -0.39 is 21.2 Å². The first-order valence-corrected chi connectivity index (χ1v) is 12.4. The maximum atomic E-state index is 12.8. The Morgan fingerprint density at radius 2 is 2.03 bits per heavy atom. The number of aromatic nitrogens is 3. The highest BCUT2D eigenvalue weighted by Gasteiger charge is 2.34. The molecule has 0 radical (unpaired) electrons. The van der Waals surface area contributed by atoms with Crippen molar-refractivity contribution in [2.24, 2.45) is 10.7 Å². The number of carbonyl (C=O) groups is 1. The second-order valence-corrected chi connectivity index (χ2v) is 11.7. The van der Waals surface area contributed by atoms with Gasteiger partial charge in [-0.3, -0.25) is 28.3 Å². The monoisotopic (exact) mass is 500 g/mol. The van der Waals surface area contributed by atoms with Crippen molar-refractivity contribution in [2.45, 2.75) is 43.4 Å². The predicted molar refractivity (Wildman–Crippen MR) is 139 cm³/mol. The number of hydrogen-bond acceptors (Lipinski definition) is 8. The highest BCUT2D eigenvalue weighted by Crippen LogP contribution is 2.61. The predicted octanol–water partition coefficient (Wildman–Crippen LogP) is 3.89. The summed E-state index contributed by atoms with van der Waals surface area (Å²) in [6.45, 7) is 7.05. The maximum absolute atomic E-state index is 12.8. The van der Waals surface area contributed by atoms with Crippen LogP contribution < -0.4 is 15.8 Å². The first kappa shape index (κ1) is 26.2. The number of aliphatic imine (C=N–C) groups is 1. The van der Waals surface area contributed by atoms with Crippen LogP contribution in [0.15, 0.2) is 58.8 Å². The Morgan fingerprint density at radius 1 is 1.31 bits per heavy atom. The molecule has 3 aromatic heterocycles. The number of carbonyl (C=O) groups excluding carboxylic acids is 1. The first-order chi connectivity index (χ1) is 16.4. The molecule has 0 fully saturated rings. The topological polar surface area (TPSA) is 147 Å². The van der Waals surface area contributed by atoms with Gasteiger partial charge in [0.25, 0.3) is 5.91 Å². The fourth-order valence-electron chi connectivity index (χ4n) is 3.33. The summed E-state index contributed by atoms with van der Waals surface area (Å²) in [4.78, 5) is 25.8. The summed E-state index contributed by atoms with van der Waals surface area (Å²) in [5.74, 6) is -0.0995. The lowest BCUT2D eigenvalue weighted by molar-refractivity contribution is -0.115. The standard InChI is InChI=1S/C24H32N6O4S/c1-15(17-9-7-8-10-27-17)29-23(31)18(26-5)11-16(25)19-13-28-22-12-20(34-6)21(14-30(19)22)35(32,33)24(2,3)4/h7-15,32-33H,25H2,1-6H3,(H,29,31)/b16-11-,26-18?/t15-/m1/s1. The van der Waals surface area contributed by atoms with Crippen molar-refractivity contribution in [3.05, 3.63) is 60.3 Å². The molecule has 0 aliphatic carbocycles. The highest BCUT2D eigenvalue weighted by atomic mass is 32.3. The quantitative estimate of drug-likeness (QED) is 0.360. The Bertz CT molecular complexity index is 1280. The molecule has 3 aromatic rings. The van der Waals surface area contributed by atoms with Crippen molar-refractivity contribution in [1.29, 1.82) is 0 Å². The number of methoxy groups -OCH3 is 1. The van der Waals surface area contributed by atoms with E-state index in [0.717, 1.165) is 0 Å². The molecule has 0 saturated heterocycles. The van der Waals surface area contributed by atoms with Crippen LogP contribution in [0.25, 0.3) is 11.3 Å². The number of hydrogen-bond donors (Lipinski definition) is 4. The number of amides is 1. The molecule has 0 aliphatic rings. The molecular weight excluding hydrogens is 468 g/mol. The number of pyridine rings is 2. The number of fused-ring (bicyclic) bond motifs is 1. The number of nitrogens with one attached hydrogen (secondary N) is 1. The largest absolute Gasteiger partial charge is 0.495 e. The summed E-state index contributed by atoms with van der Waals surface area (Å²) in [7, 11) is -0.281. The summed E-state index contributed by atoms with van der Waals surface area (Å²) in [5, 5.41) is 2.86. The van der Waals surface area contributed by atoms with Crippen LogP contribution >= 0.6 is 10.6 Å². The van der Waals surface area contributed by atoms with Crippen molar-refractivity contribution >= 4 is 33.6 Å². The number of nitrogens with zero attached hydrogens (tertiary/aromatic N) is 4. The van der Waals surface area contributed by atoms with Gasteiger partial charge in [-0.1, -0.05) is 6.07 Å². The molecule has 10 nitrogen and oxygen atoms in total. The number of imidazole rings is 1. The summed E-state index contributed by atoms with van der Waals surface area (Å²) in [5.41, 5.74) is 8.36. The Hall–Kier alpha value is -3.41. The third-order valence-electron chi connectivity index (χ3n) is 5.50. The fourth-order valence-corrected chi connectivity index (χ4v) is 4.67. The molecule has 0 spiro atoms. The Kier molecular flexibility index (Phi) is 7.53. The second-order valence-electron chi connectivity index (χ2n) is 8.90. The van der Waals surface area contributed by atoms with Crippen LogP contribution in [-0.2, 0) is 4.79 Å². The summed E-state index contributed by atoms with van der Waals surface area (Å²) in [6, 6.07) is 6.76. The molecule has 188 valence electrons. The SMILES string of the molecule is CN=C(/C=C(\N)c1cnc2cc(OC)c(S(O)(O)C(C)(C)C)cn12)C(=O)N[C@H](C)c1ccccn1. The molecule has 0 saturated carbocycles. The van der Waals surface area contributed by atoms with Gasteiger partial charge in [-0.15, -0.1) is 0 Å². The van der Waals surface area contributed by atoms with E-state index in [4.69, 9.17) is 10.5 Å². The molecule has 3 rings (SSSR count). The van der Waals surface area contributed by atoms with E-state index >= 15 is 0 Å². The molecule has 1 atom stereocenters. The summed E-state index contributed by atoms with van der Waals surface area (Å²) >= 11 is 0. The minimum absolute atomic E-state index is 0.118. The van der Waals surface area contributed by atoms with Crippen LogP contribution in [-0.4, -0.2) is 54.0 Å². The van der Waals surface area contributed by atoms with E-state index in [9.17, 15) is 13.9 Å². The van der Waals surface area contributed by atoms with Crippen molar-refractivity contribution in [1.82, 2.24) is 19.7 Å². The van der Waals surface area contributed by atoms with Crippen LogP contribution in [0.3, 0.4) is 0 Å². The summed E-state index contributed by atoms with van der Waals surface area (Å²) < 4.78 is 28.2. The highest BCUT2D eigenvalue weighted by molar-refractivity contribution is 8.25. The van der Waals surface area contributed by atoms with Gasteiger partial charge in [-0.2, -0.15) is 10.6 Å². The lowest BCUT2D eigenvalue weighted by Crippen LogP contribution is -2.33. The normalized spacial score (nSPS) is 14.6. The lowest BCUT2D eigenvalue weighted by atomic mass is 10.2. The third kappa shape index (κ3) is 5.31. The second kappa shape index (κ2) is 10.1. The van der Waals surface area contributed by atoms with Crippen LogP contribution in [0.5, 0.6) is 5.75 Å². The smallest absolute Gasteiger partial charge is 0.270 e. The fraction of sp³-hybridized carbons (Fsp3) is 0.333. The molecule has 0 unspecified atom stereocenters. The molecule has 1 amide bonds. The Morgan fingerprint density at radius 3 is 2.60 bits per heavy atom. The van der Waals surface area contributed by atoms with Gasteiger partial charge in [0.15, 0.2) is 0 Å². The van der Waals surface area contributed by atoms with Gasteiger partial charge in [-0.25, -0.2) is 4.98 Å². The average Bonchev–Trinajstić information content (AvgIpc) is 3.24. The zero-order valence-electron chi connectivity index (χ0n) is 20.7. The molecule has 5 N–H and O–H groups in total. The molecule has 35 heavy (non-hydrogen) atoms. The maximum Gasteiger partial charge on any atom is 0.270 e. The van der Waals surface area contributed by atoms with Gasteiger partial charge in [0, 0.05) is 25.5 Å². The van der Waals surface area contributed by atoms with E-state index in [1.54, 1.807) is 49.7 Å². The zero-order chi connectivity index (χ0) is 26.0. The Labute approximate surface area is 206 Å². The Balaban J connectivity index is 1.97. The zero-order valence-corrected chi connectivity index (χ0v) is 21.5. The van der Waals surface area contributed by atoms with E-state index in [2.05, 4.69) is 20.3 Å². The summed E-state index contributed by atoms with van der Waals surface area (Å²) in [6.07, 6.45) is 6.21. The van der Waals surface area contributed by atoms with Gasteiger partial charge in [-0.05, 0) is 45.9 Å². The van der Waals surface area contributed by atoms with Crippen LogP contribution in [0.4, 0.5) is 0 Å². The van der Waals surface area contributed by atoms with Gasteiger partial charge in [0.05, 0.1) is 41.2 Å². The van der Waals surface area contributed by atoms with E-state index in [0.29, 0.717) is 22.8 Å². The minimum Gasteiger partial charge on any atom is -0.495 e. The van der Waals surface area contributed by atoms with Crippen LogP contribution in [0.1, 0.15) is 45.1 Å². The van der Waals surface area contributed by atoms with E-state index in [1.807, 2.05) is 19.1 Å². The molecule has 0 bridgehead atoms.